The largest absolute Gasteiger partial charge is 0.396 e. The summed E-state index contributed by atoms with van der Waals surface area (Å²) in [6.45, 7) is 0.864. The summed E-state index contributed by atoms with van der Waals surface area (Å²) >= 11 is 0. The van der Waals surface area contributed by atoms with E-state index < -0.39 is 9.84 Å². The van der Waals surface area contributed by atoms with Gasteiger partial charge in [0.2, 0.25) is 0 Å². The van der Waals surface area contributed by atoms with Crippen molar-refractivity contribution in [2.75, 3.05) is 24.7 Å². The summed E-state index contributed by atoms with van der Waals surface area (Å²) < 4.78 is 22.4. The predicted octanol–water partition coefficient (Wildman–Crippen LogP) is -0.464. The minimum Gasteiger partial charge on any atom is -0.396 e. The Morgan fingerprint density at radius 3 is 2.85 bits per heavy atom. The zero-order valence-corrected chi connectivity index (χ0v) is 8.52. The quantitative estimate of drug-likeness (QED) is 0.612. The number of nitrogens with one attached hydrogen (secondary N) is 1. The Morgan fingerprint density at radius 2 is 2.23 bits per heavy atom. The Labute approximate surface area is 79.3 Å². The Morgan fingerprint density at radius 1 is 1.46 bits per heavy atom. The van der Waals surface area contributed by atoms with Gasteiger partial charge in [-0.1, -0.05) is 0 Å². The highest BCUT2D eigenvalue weighted by Crippen LogP contribution is 2.11. The molecule has 1 atom stereocenters. The maximum atomic E-state index is 11.2. The van der Waals surface area contributed by atoms with Crippen LogP contribution in [0.25, 0.3) is 0 Å². The van der Waals surface area contributed by atoms with Crippen LogP contribution < -0.4 is 5.32 Å². The standard InChI is InChI=1S/C8H17NO3S/c10-5-2-4-9-8-3-1-6-13(11,12)7-8/h8-10H,1-7H2. The lowest BCUT2D eigenvalue weighted by Crippen LogP contribution is -2.40. The molecule has 0 aliphatic carbocycles. The van der Waals surface area contributed by atoms with Gasteiger partial charge in [-0.25, -0.2) is 8.42 Å². The minimum absolute atomic E-state index is 0.102. The van der Waals surface area contributed by atoms with Crippen molar-refractivity contribution < 1.29 is 13.5 Å². The van der Waals surface area contributed by atoms with Crippen LogP contribution in [0.4, 0.5) is 0 Å². The first-order valence-corrected chi connectivity index (χ1v) is 6.51. The Kier molecular flexibility index (Phi) is 4.15. The highest BCUT2D eigenvalue weighted by atomic mass is 32.2. The third kappa shape index (κ3) is 4.06. The average Bonchev–Trinajstić information content (AvgIpc) is 2.03. The molecule has 0 radical (unpaired) electrons. The third-order valence-corrected chi connectivity index (χ3v) is 4.05. The molecule has 1 aliphatic rings. The average molecular weight is 207 g/mol. The van der Waals surface area contributed by atoms with Gasteiger partial charge in [0.15, 0.2) is 9.84 Å². The van der Waals surface area contributed by atoms with Crippen molar-refractivity contribution in [3.63, 3.8) is 0 Å². The summed E-state index contributed by atoms with van der Waals surface area (Å²) in [7, 11) is -2.79. The molecule has 0 aromatic heterocycles. The van der Waals surface area contributed by atoms with Crippen molar-refractivity contribution in [1.29, 1.82) is 0 Å². The molecular weight excluding hydrogens is 190 g/mol. The molecule has 5 heteroatoms. The first kappa shape index (κ1) is 10.9. The smallest absolute Gasteiger partial charge is 0.151 e. The fourth-order valence-corrected chi connectivity index (χ4v) is 3.24. The molecule has 1 saturated heterocycles. The molecule has 13 heavy (non-hydrogen) atoms. The van der Waals surface area contributed by atoms with Gasteiger partial charge in [0.25, 0.3) is 0 Å². The van der Waals surface area contributed by atoms with E-state index in [-0.39, 0.29) is 18.4 Å². The monoisotopic (exact) mass is 207 g/mol. The van der Waals surface area contributed by atoms with Crippen LogP contribution in [0.1, 0.15) is 19.3 Å². The van der Waals surface area contributed by atoms with E-state index in [4.69, 9.17) is 5.11 Å². The number of hydrogen-bond donors (Lipinski definition) is 2. The maximum absolute atomic E-state index is 11.2. The summed E-state index contributed by atoms with van der Waals surface area (Å²) in [6.07, 6.45) is 2.39. The van der Waals surface area contributed by atoms with Gasteiger partial charge < -0.3 is 10.4 Å². The van der Waals surface area contributed by atoms with E-state index in [1.54, 1.807) is 0 Å². The molecule has 1 unspecified atom stereocenters. The number of sulfone groups is 1. The van der Waals surface area contributed by atoms with Gasteiger partial charge in [0.1, 0.15) is 0 Å². The third-order valence-electron chi connectivity index (χ3n) is 2.23. The summed E-state index contributed by atoms with van der Waals surface area (Å²) in [6, 6.07) is 0.102. The van der Waals surface area contributed by atoms with Crippen LogP contribution in [0, 0.1) is 0 Å². The van der Waals surface area contributed by atoms with Crippen LogP contribution in [0.5, 0.6) is 0 Å². The van der Waals surface area contributed by atoms with Crippen LogP contribution >= 0.6 is 0 Å². The molecule has 1 heterocycles. The molecule has 0 aromatic carbocycles. The number of aliphatic hydroxyl groups is 1. The lowest BCUT2D eigenvalue weighted by Gasteiger charge is -2.22. The maximum Gasteiger partial charge on any atom is 0.151 e. The highest BCUT2D eigenvalue weighted by molar-refractivity contribution is 7.91. The summed E-state index contributed by atoms with van der Waals surface area (Å²) in [4.78, 5) is 0. The molecule has 4 nitrogen and oxygen atoms in total. The van der Waals surface area contributed by atoms with Crippen molar-refractivity contribution in [3.05, 3.63) is 0 Å². The lowest BCUT2D eigenvalue weighted by atomic mass is 10.2. The first-order valence-electron chi connectivity index (χ1n) is 4.69. The van der Waals surface area contributed by atoms with Crippen LogP contribution in [0.3, 0.4) is 0 Å². The SMILES string of the molecule is O=S1(=O)CCCC(NCCCO)C1. The molecule has 0 aromatic rings. The van der Waals surface area contributed by atoms with E-state index >= 15 is 0 Å². The van der Waals surface area contributed by atoms with Crippen LogP contribution in [0.15, 0.2) is 0 Å². The van der Waals surface area contributed by atoms with E-state index in [0.717, 1.165) is 12.8 Å². The second kappa shape index (κ2) is 4.93. The van der Waals surface area contributed by atoms with Gasteiger partial charge in [-0.2, -0.15) is 0 Å². The van der Waals surface area contributed by atoms with Crippen molar-refractivity contribution in [1.82, 2.24) is 5.32 Å². The van der Waals surface area contributed by atoms with E-state index in [2.05, 4.69) is 5.32 Å². The predicted molar refractivity (Wildman–Crippen MR) is 51.4 cm³/mol. The summed E-state index contributed by atoms with van der Waals surface area (Å²) in [5, 5.41) is 11.7. The second-order valence-corrected chi connectivity index (χ2v) is 5.71. The number of hydrogen-bond acceptors (Lipinski definition) is 4. The van der Waals surface area contributed by atoms with Gasteiger partial charge >= 0.3 is 0 Å². The molecular formula is C8H17NO3S. The molecule has 0 saturated carbocycles. The molecule has 0 amide bonds. The Balaban J connectivity index is 2.27. The van der Waals surface area contributed by atoms with Crippen molar-refractivity contribution in [2.45, 2.75) is 25.3 Å². The summed E-state index contributed by atoms with van der Waals surface area (Å²) in [5.74, 6) is 0.601. The molecule has 2 N–H and O–H groups in total. The second-order valence-electron chi connectivity index (χ2n) is 3.48. The fourth-order valence-electron chi connectivity index (χ4n) is 1.57. The summed E-state index contributed by atoms with van der Waals surface area (Å²) in [5.41, 5.74) is 0. The first-order chi connectivity index (χ1) is 6.14. The van der Waals surface area contributed by atoms with Crippen molar-refractivity contribution in [2.24, 2.45) is 0 Å². The van der Waals surface area contributed by atoms with Crippen molar-refractivity contribution >= 4 is 9.84 Å². The minimum atomic E-state index is -2.79. The van der Waals surface area contributed by atoms with E-state index in [1.165, 1.54) is 0 Å². The van der Waals surface area contributed by atoms with E-state index in [0.29, 0.717) is 18.7 Å². The van der Waals surface area contributed by atoms with E-state index in [1.807, 2.05) is 0 Å². The van der Waals surface area contributed by atoms with Gasteiger partial charge in [-0.05, 0) is 25.8 Å². The zero-order valence-electron chi connectivity index (χ0n) is 7.70. The Hall–Kier alpha value is -0.130. The molecule has 1 aliphatic heterocycles. The zero-order chi connectivity index (χ0) is 9.73. The normalized spacial score (nSPS) is 27.3. The van der Waals surface area contributed by atoms with E-state index in [9.17, 15) is 8.42 Å². The highest BCUT2D eigenvalue weighted by Gasteiger charge is 2.23. The molecule has 0 bridgehead atoms. The van der Waals surface area contributed by atoms with Gasteiger partial charge in [0, 0.05) is 12.6 Å². The number of rotatable bonds is 4. The fraction of sp³-hybridized carbons (Fsp3) is 1.00. The van der Waals surface area contributed by atoms with Crippen molar-refractivity contribution in [3.8, 4) is 0 Å². The Bertz CT molecular complexity index is 238. The molecule has 1 fully saturated rings. The van der Waals surface area contributed by atoms with Crippen LogP contribution in [0.2, 0.25) is 0 Å². The molecule has 0 spiro atoms. The number of aliphatic hydroxyl groups excluding tert-OH is 1. The molecule has 1 rings (SSSR count). The topological polar surface area (TPSA) is 66.4 Å². The van der Waals surface area contributed by atoms with Gasteiger partial charge in [-0.3, -0.25) is 0 Å². The lowest BCUT2D eigenvalue weighted by molar-refractivity contribution is 0.283. The van der Waals surface area contributed by atoms with Gasteiger partial charge in [0.05, 0.1) is 11.5 Å². The van der Waals surface area contributed by atoms with Crippen LogP contribution in [-0.4, -0.2) is 44.2 Å². The van der Waals surface area contributed by atoms with Crippen LogP contribution in [-0.2, 0) is 9.84 Å². The van der Waals surface area contributed by atoms with Gasteiger partial charge in [-0.15, -0.1) is 0 Å². The molecule has 78 valence electrons.